The van der Waals surface area contributed by atoms with Crippen molar-refractivity contribution < 1.29 is 9.59 Å². The van der Waals surface area contributed by atoms with Crippen molar-refractivity contribution in [1.82, 2.24) is 9.97 Å². The van der Waals surface area contributed by atoms with Crippen molar-refractivity contribution in [2.24, 2.45) is 5.92 Å². The molecule has 0 unspecified atom stereocenters. The van der Waals surface area contributed by atoms with E-state index in [0.717, 1.165) is 0 Å². The van der Waals surface area contributed by atoms with Crippen LogP contribution in [-0.4, -0.2) is 21.8 Å². The molecule has 0 bridgehead atoms. The maximum Gasteiger partial charge on any atom is 0.326 e. The second-order valence-corrected chi connectivity index (χ2v) is 6.01. The number of hydrogen-bond donors (Lipinski definition) is 2. The predicted molar refractivity (Wildman–Crippen MR) is 87.9 cm³/mol. The number of fused-ring (bicyclic) bond motifs is 1. The lowest BCUT2D eigenvalue weighted by atomic mass is 9.88. The van der Waals surface area contributed by atoms with E-state index in [9.17, 15) is 9.59 Å². The van der Waals surface area contributed by atoms with Gasteiger partial charge in [0.25, 0.3) is 0 Å². The Morgan fingerprint density at radius 1 is 1.22 bits per heavy atom. The molecule has 0 saturated carbocycles. The van der Waals surface area contributed by atoms with Crippen molar-refractivity contribution in [3.05, 3.63) is 46.7 Å². The number of rotatable bonds is 2. The van der Waals surface area contributed by atoms with Crippen molar-refractivity contribution in [3.63, 3.8) is 0 Å². The number of amides is 2. The summed E-state index contributed by atoms with van der Waals surface area (Å²) in [7, 11) is 0. The first-order valence-electron chi connectivity index (χ1n) is 7.24. The SMILES string of the molecule is C[C@H]1CC(=O)c2cnc(NC(=O)Nc3ccc(Cl)cc3)nc2C1. The van der Waals surface area contributed by atoms with E-state index < -0.39 is 6.03 Å². The fourth-order valence-corrected chi connectivity index (χ4v) is 2.62. The number of urea groups is 1. The van der Waals surface area contributed by atoms with E-state index in [2.05, 4.69) is 20.6 Å². The van der Waals surface area contributed by atoms with Crippen LogP contribution in [0.3, 0.4) is 0 Å². The van der Waals surface area contributed by atoms with Gasteiger partial charge in [0.05, 0.1) is 11.3 Å². The number of carbonyl (C=O) groups is 2. The molecule has 0 fully saturated rings. The largest absolute Gasteiger partial charge is 0.326 e. The Kier molecular flexibility index (Phi) is 4.25. The second kappa shape index (κ2) is 6.34. The van der Waals surface area contributed by atoms with Gasteiger partial charge >= 0.3 is 6.03 Å². The topological polar surface area (TPSA) is 84.0 Å². The molecule has 2 aromatic rings. The van der Waals surface area contributed by atoms with Gasteiger partial charge in [0.15, 0.2) is 5.78 Å². The number of halogens is 1. The number of carbonyl (C=O) groups excluding carboxylic acids is 2. The van der Waals surface area contributed by atoms with Crippen LogP contribution in [0.1, 0.15) is 29.4 Å². The summed E-state index contributed by atoms with van der Waals surface area (Å²) in [6.45, 7) is 2.00. The minimum Gasteiger partial charge on any atom is -0.308 e. The lowest BCUT2D eigenvalue weighted by Crippen LogP contribution is -2.24. The minimum absolute atomic E-state index is 0.0518. The second-order valence-electron chi connectivity index (χ2n) is 5.58. The zero-order chi connectivity index (χ0) is 16.4. The molecular formula is C16H15ClN4O2. The van der Waals surface area contributed by atoms with Crippen molar-refractivity contribution >= 4 is 35.1 Å². The molecule has 1 aromatic heterocycles. The molecule has 2 amide bonds. The van der Waals surface area contributed by atoms with E-state index in [0.29, 0.717) is 34.8 Å². The van der Waals surface area contributed by atoms with Gasteiger partial charge < -0.3 is 5.32 Å². The Morgan fingerprint density at radius 3 is 2.70 bits per heavy atom. The zero-order valence-corrected chi connectivity index (χ0v) is 13.2. The number of nitrogens with zero attached hydrogens (tertiary/aromatic N) is 2. The molecule has 3 rings (SSSR count). The molecule has 1 atom stereocenters. The molecule has 0 spiro atoms. The molecule has 23 heavy (non-hydrogen) atoms. The molecule has 0 radical (unpaired) electrons. The molecule has 0 saturated heterocycles. The third-order valence-electron chi connectivity index (χ3n) is 3.57. The maximum absolute atomic E-state index is 12.0. The standard InChI is InChI=1S/C16H15ClN4O2/c1-9-6-13-12(14(22)7-9)8-18-15(20-13)21-16(23)19-11-4-2-10(17)3-5-11/h2-5,8-9H,6-7H2,1H3,(H2,18,19,20,21,23)/t9-/m1/s1. The Morgan fingerprint density at radius 2 is 1.96 bits per heavy atom. The third-order valence-corrected chi connectivity index (χ3v) is 3.82. The summed E-state index contributed by atoms with van der Waals surface area (Å²) in [5, 5.41) is 5.82. The lowest BCUT2D eigenvalue weighted by Gasteiger charge is -2.19. The number of ketones is 1. The highest BCUT2D eigenvalue weighted by molar-refractivity contribution is 6.30. The van der Waals surface area contributed by atoms with Crippen LogP contribution in [0, 0.1) is 5.92 Å². The molecule has 1 heterocycles. The van der Waals surface area contributed by atoms with Crippen LogP contribution in [0.15, 0.2) is 30.5 Å². The molecular weight excluding hydrogens is 316 g/mol. The molecule has 0 aliphatic heterocycles. The summed E-state index contributed by atoms with van der Waals surface area (Å²) in [6, 6.07) is 6.29. The van der Waals surface area contributed by atoms with Crippen LogP contribution in [0.5, 0.6) is 0 Å². The monoisotopic (exact) mass is 330 g/mol. The molecule has 118 valence electrons. The van der Waals surface area contributed by atoms with E-state index in [-0.39, 0.29) is 17.6 Å². The highest BCUT2D eigenvalue weighted by atomic mass is 35.5. The van der Waals surface area contributed by atoms with Gasteiger partial charge in [0.1, 0.15) is 0 Å². The van der Waals surface area contributed by atoms with E-state index in [1.807, 2.05) is 6.92 Å². The predicted octanol–water partition coefficient (Wildman–Crippen LogP) is 3.54. The molecule has 1 aromatic carbocycles. The summed E-state index contributed by atoms with van der Waals surface area (Å²) >= 11 is 5.79. The van der Waals surface area contributed by atoms with E-state index in [4.69, 9.17) is 11.6 Å². The fraction of sp³-hybridized carbons (Fsp3) is 0.250. The number of anilines is 2. The van der Waals surface area contributed by atoms with E-state index in [1.54, 1.807) is 24.3 Å². The first kappa shape index (κ1) is 15.4. The normalized spacial score (nSPS) is 16.6. The lowest BCUT2D eigenvalue weighted by molar-refractivity contribution is 0.0951. The Hall–Kier alpha value is -2.47. The molecule has 1 aliphatic rings. The van der Waals surface area contributed by atoms with Crippen molar-refractivity contribution in [1.29, 1.82) is 0 Å². The van der Waals surface area contributed by atoms with Crippen LogP contribution in [0.2, 0.25) is 5.02 Å². The Bertz CT molecular complexity index is 761. The van der Waals surface area contributed by atoms with Gasteiger partial charge in [-0.25, -0.2) is 14.8 Å². The van der Waals surface area contributed by atoms with Crippen molar-refractivity contribution in [2.45, 2.75) is 19.8 Å². The quantitative estimate of drug-likeness (QED) is 0.882. The van der Waals surface area contributed by atoms with Crippen LogP contribution in [-0.2, 0) is 6.42 Å². The maximum atomic E-state index is 12.0. The van der Waals surface area contributed by atoms with Gasteiger partial charge in [-0.15, -0.1) is 0 Å². The third kappa shape index (κ3) is 3.65. The van der Waals surface area contributed by atoms with Gasteiger partial charge in [-0.05, 0) is 36.6 Å². The smallest absolute Gasteiger partial charge is 0.308 e. The average Bonchev–Trinajstić information content (AvgIpc) is 2.49. The first-order valence-corrected chi connectivity index (χ1v) is 7.62. The number of Topliss-reactive ketones (excluding diaryl/α,β-unsaturated/α-hetero) is 1. The van der Waals surface area contributed by atoms with Crippen LogP contribution in [0.25, 0.3) is 0 Å². The van der Waals surface area contributed by atoms with Gasteiger partial charge in [0, 0.05) is 23.3 Å². The number of aromatic nitrogens is 2. The summed E-state index contributed by atoms with van der Waals surface area (Å²) in [4.78, 5) is 32.2. The molecule has 1 aliphatic carbocycles. The highest BCUT2D eigenvalue weighted by Crippen LogP contribution is 2.24. The summed E-state index contributed by atoms with van der Waals surface area (Å²) in [5.41, 5.74) is 1.84. The Labute approximate surface area is 138 Å². The van der Waals surface area contributed by atoms with Crippen LogP contribution >= 0.6 is 11.6 Å². The van der Waals surface area contributed by atoms with Gasteiger partial charge in [-0.2, -0.15) is 0 Å². The summed E-state index contributed by atoms with van der Waals surface area (Å²) < 4.78 is 0. The van der Waals surface area contributed by atoms with Gasteiger partial charge in [-0.1, -0.05) is 18.5 Å². The highest BCUT2D eigenvalue weighted by Gasteiger charge is 2.24. The van der Waals surface area contributed by atoms with Crippen LogP contribution in [0.4, 0.5) is 16.4 Å². The van der Waals surface area contributed by atoms with Crippen LogP contribution < -0.4 is 10.6 Å². The van der Waals surface area contributed by atoms with Gasteiger partial charge in [-0.3, -0.25) is 10.1 Å². The zero-order valence-electron chi connectivity index (χ0n) is 12.5. The average molecular weight is 331 g/mol. The number of nitrogens with one attached hydrogen (secondary N) is 2. The number of hydrogen-bond acceptors (Lipinski definition) is 4. The molecule has 7 heteroatoms. The molecule has 6 nitrogen and oxygen atoms in total. The van der Waals surface area contributed by atoms with E-state index >= 15 is 0 Å². The minimum atomic E-state index is -0.456. The molecule has 2 N–H and O–H groups in total. The number of benzene rings is 1. The fourth-order valence-electron chi connectivity index (χ4n) is 2.49. The van der Waals surface area contributed by atoms with E-state index in [1.165, 1.54) is 6.20 Å². The summed E-state index contributed by atoms with van der Waals surface area (Å²) in [5.74, 6) is 0.480. The van der Waals surface area contributed by atoms with Gasteiger partial charge in [0.2, 0.25) is 5.95 Å². The van der Waals surface area contributed by atoms with Crippen molar-refractivity contribution in [2.75, 3.05) is 10.6 Å². The Balaban J connectivity index is 1.70. The van der Waals surface area contributed by atoms with Crippen molar-refractivity contribution in [3.8, 4) is 0 Å². The summed E-state index contributed by atoms with van der Waals surface area (Å²) in [6.07, 6.45) is 2.70. The first-order chi connectivity index (χ1) is 11.0.